The van der Waals surface area contributed by atoms with Gasteiger partial charge in [-0.15, -0.1) is 11.3 Å². The quantitative estimate of drug-likeness (QED) is 0.760. The minimum atomic E-state index is 0.160. The van der Waals surface area contributed by atoms with Crippen molar-refractivity contribution in [1.82, 2.24) is 10.3 Å². The third-order valence-electron chi connectivity index (χ3n) is 1.74. The second kappa shape index (κ2) is 5.22. The van der Waals surface area contributed by atoms with E-state index in [1.165, 1.54) is 11.3 Å². The lowest BCUT2D eigenvalue weighted by Crippen LogP contribution is -2.07. The molecule has 0 atom stereocenters. The second-order valence-electron chi connectivity index (χ2n) is 3.70. The number of ketones is 1. The monoisotopic (exact) mass is 212 g/mol. The van der Waals surface area contributed by atoms with Gasteiger partial charge in [0.1, 0.15) is 0 Å². The summed E-state index contributed by atoms with van der Waals surface area (Å²) >= 11 is 1.44. The largest absolute Gasteiger partial charge is 0.314 e. The number of nitrogens with zero attached hydrogens (tertiary/aromatic N) is 1. The molecule has 0 aliphatic heterocycles. The zero-order valence-corrected chi connectivity index (χ0v) is 9.65. The van der Waals surface area contributed by atoms with E-state index in [1.807, 2.05) is 26.3 Å². The molecule has 0 fully saturated rings. The van der Waals surface area contributed by atoms with Crippen molar-refractivity contribution < 1.29 is 4.79 Å². The molecular weight excluding hydrogens is 196 g/mol. The number of nitrogens with one attached hydrogen (secondary N) is 1. The molecule has 0 unspecified atom stereocenters. The van der Waals surface area contributed by atoms with Crippen LogP contribution in [0.25, 0.3) is 0 Å². The molecule has 3 nitrogen and oxygen atoms in total. The van der Waals surface area contributed by atoms with Crippen molar-refractivity contribution in [1.29, 1.82) is 0 Å². The maximum atomic E-state index is 11.6. The Hall–Kier alpha value is -0.740. The van der Waals surface area contributed by atoms with Crippen LogP contribution in [0.5, 0.6) is 0 Å². The molecule has 0 saturated carbocycles. The minimum absolute atomic E-state index is 0.160. The standard InChI is InChI=1S/C10H16N2OS/c1-7(2)4-9(13)10-12-8(5-11-3)6-14-10/h6-7,11H,4-5H2,1-3H3. The van der Waals surface area contributed by atoms with Crippen molar-refractivity contribution in [3.8, 4) is 0 Å². The average molecular weight is 212 g/mol. The van der Waals surface area contributed by atoms with Gasteiger partial charge in [-0.25, -0.2) is 4.98 Å². The lowest BCUT2D eigenvalue weighted by molar-refractivity contribution is 0.0967. The van der Waals surface area contributed by atoms with E-state index in [9.17, 15) is 4.79 Å². The molecule has 0 aliphatic rings. The maximum absolute atomic E-state index is 11.6. The fraction of sp³-hybridized carbons (Fsp3) is 0.600. The van der Waals surface area contributed by atoms with E-state index in [4.69, 9.17) is 0 Å². The first kappa shape index (κ1) is 11.3. The number of Topliss-reactive ketones (excluding diaryl/α,β-unsaturated/α-hetero) is 1. The normalized spacial score (nSPS) is 10.9. The molecule has 14 heavy (non-hydrogen) atoms. The number of carbonyl (C=O) groups is 1. The van der Waals surface area contributed by atoms with E-state index in [0.29, 0.717) is 17.3 Å². The van der Waals surface area contributed by atoms with Gasteiger partial charge in [0.25, 0.3) is 0 Å². The smallest absolute Gasteiger partial charge is 0.191 e. The van der Waals surface area contributed by atoms with E-state index < -0.39 is 0 Å². The maximum Gasteiger partial charge on any atom is 0.191 e. The highest BCUT2D eigenvalue weighted by atomic mass is 32.1. The summed E-state index contributed by atoms with van der Waals surface area (Å²) in [6, 6.07) is 0. The van der Waals surface area contributed by atoms with Crippen molar-refractivity contribution in [3.63, 3.8) is 0 Å². The summed E-state index contributed by atoms with van der Waals surface area (Å²) < 4.78 is 0. The van der Waals surface area contributed by atoms with Crippen molar-refractivity contribution in [3.05, 3.63) is 16.1 Å². The van der Waals surface area contributed by atoms with Gasteiger partial charge in [0, 0.05) is 18.3 Å². The summed E-state index contributed by atoms with van der Waals surface area (Å²) in [6.07, 6.45) is 0.590. The molecule has 0 aliphatic carbocycles. The number of carbonyl (C=O) groups excluding carboxylic acids is 1. The van der Waals surface area contributed by atoms with Gasteiger partial charge < -0.3 is 5.32 Å². The molecule has 1 N–H and O–H groups in total. The first-order valence-corrected chi connectivity index (χ1v) is 5.63. The molecule has 0 saturated heterocycles. The summed E-state index contributed by atoms with van der Waals surface area (Å²) in [6.45, 7) is 4.81. The first-order chi connectivity index (χ1) is 6.63. The summed E-state index contributed by atoms with van der Waals surface area (Å²) in [4.78, 5) is 15.9. The Labute approximate surface area is 88.6 Å². The highest BCUT2D eigenvalue weighted by Gasteiger charge is 2.12. The predicted molar refractivity (Wildman–Crippen MR) is 58.7 cm³/mol. The SMILES string of the molecule is CNCc1csc(C(=O)CC(C)C)n1. The van der Waals surface area contributed by atoms with E-state index in [-0.39, 0.29) is 5.78 Å². The zero-order chi connectivity index (χ0) is 10.6. The van der Waals surface area contributed by atoms with Crippen LogP contribution in [0.3, 0.4) is 0 Å². The van der Waals surface area contributed by atoms with E-state index >= 15 is 0 Å². The number of aromatic nitrogens is 1. The molecule has 1 rings (SSSR count). The van der Waals surface area contributed by atoms with Crippen molar-refractivity contribution >= 4 is 17.1 Å². The Kier molecular flexibility index (Phi) is 4.22. The Morgan fingerprint density at radius 2 is 2.36 bits per heavy atom. The molecule has 1 aromatic heterocycles. The number of hydrogen-bond acceptors (Lipinski definition) is 4. The average Bonchev–Trinajstić information content (AvgIpc) is 2.52. The number of thiazole rings is 1. The van der Waals surface area contributed by atoms with Crippen molar-refractivity contribution in [2.24, 2.45) is 5.92 Å². The summed E-state index contributed by atoms with van der Waals surface area (Å²) in [5.41, 5.74) is 0.949. The van der Waals surface area contributed by atoms with Crippen molar-refractivity contribution in [2.75, 3.05) is 7.05 Å². The summed E-state index contributed by atoms with van der Waals surface area (Å²) in [5.74, 6) is 0.562. The molecule has 1 heterocycles. The molecular formula is C10H16N2OS. The van der Waals surface area contributed by atoms with Gasteiger partial charge in [0.05, 0.1) is 5.69 Å². The number of rotatable bonds is 5. The lowest BCUT2D eigenvalue weighted by atomic mass is 10.1. The van der Waals surface area contributed by atoms with Gasteiger partial charge in [-0.05, 0) is 13.0 Å². The Balaban J connectivity index is 2.62. The van der Waals surface area contributed by atoms with Gasteiger partial charge >= 0.3 is 0 Å². The van der Waals surface area contributed by atoms with Crippen molar-refractivity contribution in [2.45, 2.75) is 26.8 Å². The molecule has 1 aromatic rings. The third-order valence-corrected chi connectivity index (χ3v) is 2.67. The highest BCUT2D eigenvalue weighted by Crippen LogP contribution is 2.14. The van der Waals surface area contributed by atoms with E-state index in [1.54, 1.807) is 0 Å². The van der Waals surface area contributed by atoms with Crippen LogP contribution in [0.1, 0.15) is 35.8 Å². The van der Waals surface area contributed by atoms with Crippen LogP contribution in [0.2, 0.25) is 0 Å². The molecule has 78 valence electrons. The van der Waals surface area contributed by atoms with Gasteiger partial charge in [-0.3, -0.25) is 4.79 Å². The zero-order valence-electron chi connectivity index (χ0n) is 8.83. The van der Waals surface area contributed by atoms with E-state index in [2.05, 4.69) is 10.3 Å². The van der Waals surface area contributed by atoms with Crippen LogP contribution in [-0.2, 0) is 6.54 Å². The van der Waals surface area contributed by atoms with E-state index in [0.717, 1.165) is 12.2 Å². The Bertz CT molecular complexity index is 307. The lowest BCUT2D eigenvalue weighted by Gasteiger charge is -1.99. The van der Waals surface area contributed by atoms with Crippen LogP contribution in [-0.4, -0.2) is 17.8 Å². The van der Waals surface area contributed by atoms with Gasteiger partial charge in [0.15, 0.2) is 10.8 Å². The van der Waals surface area contributed by atoms with Crippen LogP contribution in [0.4, 0.5) is 0 Å². The molecule has 4 heteroatoms. The van der Waals surface area contributed by atoms with Crippen LogP contribution in [0, 0.1) is 5.92 Å². The van der Waals surface area contributed by atoms with Gasteiger partial charge in [-0.1, -0.05) is 13.8 Å². The van der Waals surface area contributed by atoms with Crippen LogP contribution in [0.15, 0.2) is 5.38 Å². The fourth-order valence-electron chi connectivity index (χ4n) is 1.16. The van der Waals surface area contributed by atoms with Gasteiger partial charge in [0.2, 0.25) is 0 Å². The second-order valence-corrected chi connectivity index (χ2v) is 4.55. The Morgan fingerprint density at radius 1 is 1.64 bits per heavy atom. The molecule has 0 bridgehead atoms. The molecule has 0 amide bonds. The minimum Gasteiger partial charge on any atom is -0.314 e. The van der Waals surface area contributed by atoms with Gasteiger partial charge in [-0.2, -0.15) is 0 Å². The summed E-state index contributed by atoms with van der Waals surface area (Å²) in [7, 11) is 1.87. The summed E-state index contributed by atoms with van der Waals surface area (Å²) in [5, 5.41) is 5.59. The topological polar surface area (TPSA) is 42.0 Å². The van der Waals surface area contributed by atoms with Crippen LogP contribution < -0.4 is 5.32 Å². The predicted octanol–water partition coefficient (Wildman–Crippen LogP) is 2.09. The third kappa shape index (κ3) is 3.20. The molecule has 0 radical (unpaired) electrons. The fourth-order valence-corrected chi connectivity index (χ4v) is 1.92. The first-order valence-electron chi connectivity index (χ1n) is 4.75. The number of hydrogen-bond donors (Lipinski definition) is 1. The molecule has 0 spiro atoms. The molecule has 0 aromatic carbocycles. The Morgan fingerprint density at radius 3 is 2.93 bits per heavy atom. The van der Waals surface area contributed by atoms with Crippen LogP contribution >= 0.6 is 11.3 Å². The highest BCUT2D eigenvalue weighted by molar-refractivity contribution is 7.11.